The molecule has 0 bridgehead atoms. The molecule has 9 heteroatoms. The van der Waals surface area contributed by atoms with E-state index < -0.39 is 29.5 Å². The van der Waals surface area contributed by atoms with E-state index in [-0.39, 0.29) is 0 Å². The lowest BCUT2D eigenvalue weighted by atomic mass is 10.2. The molecule has 6 nitrogen and oxygen atoms in total. The molecule has 1 aromatic rings. The Bertz CT molecular complexity index is 830. The predicted molar refractivity (Wildman–Crippen MR) is 81.2 cm³/mol. The number of thiophene rings is 1. The third kappa shape index (κ3) is 4.53. The maximum atomic E-state index is 11.4. The summed E-state index contributed by atoms with van der Waals surface area (Å²) in [6, 6.07) is 4.70. The van der Waals surface area contributed by atoms with Crippen molar-refractivity contribution in [3.8, 4) is 12.1 Å². The van der Waals surface area contributed by atoms with Gasteiger partial charge in [0.05, 0.1) is 0 Å². The van der Waals surface area contributed by atoms with Crippen molar-refractivity contribution in [2.24, 2.45) is 0 Å². The molecule has 110 valence electrons. The molecular weight excluding hydrogens is 332 g/mol. The normalized spacial score (nSPS) is 13.5. The van der Waals surface area contributed by atoms with Gasteiger partial charge in [0.25, 0.3) is 0 Å². The quantitative estimate of drug-likeness (QED) is 0.767. The van der Waals surface area contributed by atoms with Crippen LogP contribution in [0, 0.1) is 22.7 Å². The molecule has 0 unspecified atom stereocenters. The highest BCUT2D eigenvalue weighted by atomic mass is 32.2. The van der Waals surface area contributed by atoms with E-state index in [1.807, 2.05) is 0 Å². The fraction of sp³-hybridized carbons (Fsp3) is 0.167. The van der Waals surface area contributed by atoms with Gasteiger partial charge in [0, 0.05) is 17.4 Å². The van der Waals surface area contributed by atoms with Gasteiger partial charge in [0.15, 0.2) is 19.7 Å². The van der Waals surface area contributed by atoms with Crippen LogP contribution in [0.5, 0.6) is 0 Å². The SMILES string of the molecule is CS(=O)(=O)/C(C#N)=C\c1ccsc1/C=C(\C#N)S(C)(=O)=O. The van der Waals surface area contributed by atoms with E-state index in [2.05, 4.69) is 0 Å². The molecule has 0 atom stereocenters. The topological polar surface area (TPSA) is 116 Å². The average molecular weight is 342 g/mol. The van der Waals surface area contributed by atoms with Gasteiger partial charge in [0.1, 0.15) is 21.9 Å². The van der Waals surface area contributed by atoms with Crippen LogP contribution >= 0.6 is 11.3 Å². The van der Waals surface area contributed by atoms with Crippen LogP contribution in [-0.4, -0.2) is 29.3 Å². The second-order valence-corrected chi connectivity index (χ2v) is 8.94. The lowest BCUT2D eigenvalue weighted by Crippen LogP contribution is -1.99. The summed E-state index contributed by atoms with van der Waals surface area (Å²) < 4.78 is 45.5. The minimum Gasteiger partial charge on any atom is -0.223 e. The highest BCUT2D eigenvalue weighted by Gasteiger charge is 2.14. The number of allylic oxidation sites excluding steroid dienone is 2. The largest absolute Gasteiger partial charge is 0.223 e. The van der Waals surface area contributed by atoms with E-state index in [1.165, 1.54) is 6.07 Å². The second-order valence-electron chi connectivity index (χ2n) is 4.03. The number of nitrogens with zero attached hydrogens (tertiary/aromatic N) is 2. The fourth-order valence-corrected chi connectivity index (χ4v) is 3.16. The second kappa shape index (κ2) is 6.22. The summed E-state index contributed by atoms with van der Waals surface area (Å²) in [6.07, 6.45) is 4.11. The molecular formula is C12H10N2O4S3. The first-order valence-corrected chi connectivity index (χ1v) is 9.97. The molecule has 0 aliphatic rings. The van der Waals surface area contributed by atoms with Crippen molar-refractivity contribution >= 4 is 43.2 Å². The molecule has 0 radical (unpaired) electrons. The molecule has 0 aliphatic heterocycles. The Morgan fingerprint density at radius 1 is 1.05 bits per heavy atom. The van der Waals surface area contributed by atoms with Crippen molar-refractivity contribution in [1.82, 2.24) is 0 Å². The monoisotopic (exact) mass is 342 g/mol. The number of hydrogen-bond donors (Lipinski definition) is 0. The molecule has 0 aliphatic carbocycles. The van der Waals surface area contributed by atoms with Crippen molar-refractivity contribution in [2.45, 2.75) is 0 Å². The van der Waals surface area contributed by atoms with Crippen LogP contribution in [0.3, 0.4) is 0 Å². The first-order chi connectivity index (χ1) is 9.59. The fourth-order valence-electron chi connectivity index (χ4n) is 1.27. The van der Waals surface area contributed by atoms with Gasteiger partial charge >= 0.3 is 0 Å². The van der Waals surface area contributed by atoms with Crippen LogP contribution in [0.4, 0.5) is 0 Å². The standard InChI is InChI=1S/C12H10N2O4S3/c1-20(15,16)10(7-13)5-9-3-4-19-12(9)6-11(8-14)21(2,17)18/h3-6H,1-2H3/b10-5-,11-6+. The van der Waals surface area contributed by atoms with E-state index in [9.17, 15) is 16.8 Å². The van der Waals surface area contributed by atoms with Gasteiger partial charge in [-0.1, -0.05) is 0 Å². The summed E-state index contributed by atoms with van der Waals surface area (Å²) in [7, 11) is -7.34. The van der Waals surface area contributed by atoms with E-state index in [4.69, 9.17) is 10.5 Å². The summed E-state index contributed by atoms with van der Waals surface area (Å²) in [5, 5.41) is 19.3. The zero-order valence-corrected chi connectivity index (χ0v) is 13.5. The molecule has 21 heavy (non-hydrogen) atoms. The minimum absolute atomic E-state index is 0.360. The van der Waals surface area contributed by atoms with Crippen LogP contribution in [0.1, 0.15) is 10.4 Å². The van der Waals surface area contributed by atoms with E-state index >= 15 is 0 Å². The molecule has 1 aromatic heterocycles. The molecule has 0 saturated heterocycles. The minimum atomic E-state index is -3.67. The van der Waals surface area contributed by atoms with Gasteiger partial charge in [-0.2, -0.15) is 10.5 Å². The van der Waals surface area contributed by atoms with Gasteiger partial charge in [0.2, 0.25) is 0 Å². The van der Waals surface area contributed by atoms with Crippen LogP contribution < -0.4 is 0 Å². The zero-order valence-electron chi connectivity index (χ0n) is 11.1. The van der Waals surface area contributed by atoms with Crippen LogP contribution in [0.25, 0.3) is 12.2 Å². The van der Waals surface area contributed by atoms with Gasteiger partial charge in [-0.3, -0.25) is 0 Å². The van der Waals surface area contributed by atoms with Gasteiger partial charge in [-0.05, 0) is 29.2 Å². The molecule has 0 fully saturated rings. The molecule has 0 spiro atoms. The average Bonchev–Trinajstić information content (AvgIpc) is 2.77. The Balaban J connectivity index is 3.47. The van der Waals surface area contributed by atoms with E-state index in [1.54, 1.807) is 17.5 Å². The Morgan fingerprint density at radius 2 is 1.52 bits per heavy atom. The predicted octanol–water partition coefficient (Wildman–Crippen LogP) is 1.57. The van der Waals surface area contributed by atoms with Crippen LogP contribution in [-0.2, 0) is 19.7 Å². The van der Waals surface area contributed by atoms with E-state index in [0.717, 1.165) is 36.0 Å². The number of sulfone groups is 2. The van der Waals surface area contributed by atoms with Gasteiger partial charge in [-0.15, -0.1) is 11.3 Å². The maximum Gasteiger partial charge on any atom is 0.185 e. The summed E-state index contributed by atoms with van der Waals surface area (Å²) in [6.45, 7) is 0. The van der Waals surface area contributed by atoms with Crippen molar-refractivity contribution in [1.29, 1.82) is 10.5 Å². The van der Waals surface area contributed by atoms with Gasteiger partial charge < -0.3 is 0 Å². The summed E-state index contributed by atoms with van der Waals surface area (Å²) in [4.78, 5) is -0.487. The van der Waals surface area contributed by atoms with Crippen molar-refractivity contribution < 1.29 is 16.8 Å². The van der Waals surface area contributed by atoms with Crippen molar-refractivity contribution in [3.05, 3.63) is 31.7 Å². The number of hydrogen-bond acceptors (Lipinski definition) is 7. The summed E-state index contributed by atoms with van der Waals surface area (Å²) in [5.41, 5.74) is 0.360. The molecule has 1 heterocycles. The number of nitriles is 2. The molecule has 0 N–H and O–H groups in total. The highest BCUT2D eigenvalue weighted by Crippen LogP contribution is 2.24. The van der Waals surface area contributed by atoms with Crippen LogP contribution in [0.15, 0.2) is 21.3 Å². The smallest absolute Gasteiger partial charge is 0.185 e. The van der Waals surface area contributed by atoms with E-state index in [0.29, 0.717) is 10.4 Å². The third-order valence-electron chi connectivity index (χ3n) is 2.30. The summed E-state index contributed by atoms with van der Waals surface area (Å²) >= 11 is 1.13. The van der Waals surface area contributed by atoms with Crippen molar-refractivity contribution in [2.75, 3.05) is 12.5 Å². The maximum absolute atomic E-state index is 11.4. The zero-order chi connectivity index (χ0) is 16.3. The first kappa shape index (κ1) is 17.1. The van der Waals surface area contributed by atoms with Crippen molar-refractivity contribution in [3.63, 3.8) is 0 Å². The Labute approximate surface area is 127 Å². The Hall–Kier alpha value is -1.94. The lowest BCUT2D eigenvalue weighted by molar-refractivity contribution is 0.607. The summed E-state index contributed by atoms with van der Waals surface area (Å²) in [5.74, 6) is 0. The van der Waals surface area contributed by atoms with Crippen LogP contribution in [0.2, 0.25) is 0 Å². The van der Waals surface area contributed by atoms with Gasteiger partial charge in [-0.25, -0.2) is 16.8 Å². The Kier molecular flexibility index (Phi) is 5.07. The molecule has 1 rings (SSSR count). The third-order valence-corrected chi connectivity index (χ3v) is 5.19. The number of rotatable bonds is 4. The molecule has 0 amide bonds. The highest BCUT2D eigenvalue weighted by molar-refractivity contribution is 7.95. The lowest BCUT2D eigenvalue weighted by Gasteiger charge is -1.97. The molecule has 0 aromatic carbocycles. The Morgan fingerprint density at radius 3 is 1.95 bits per heavy atom. The molecule has 0 saturated carbocycles. The first-order valence-electron chi connectivity index (χ1n) is 5.31.